The number of aromatic nitrogens is 1. The topological polar surface area (TPSA) is 77.3 Å². The number of hydrogen-bond donors (Lipinski definition) is 3. The van der Waals surface area contributed by atoms with Gasteiger partial charge in [-0.15, -0.1) is 0 Å². The van der Waals surface area contributed by atoms with Crippen LogP contribution in [0.1, 0.15) is 17.3 Å². The fourth-order valence-electron chi connectivity index (χ4n) is 3.55. The Hall–Kier alpha value is -3.67. The molecular formula is C21H18N4O2. The summed E-state index contributed by atoms with van der Waals surface area (Å²) in [5.74, 6) is 1.79. The predicted molar refractivity (Wildman–Crippen MR) is 106 cm³/mol. The molecule has 1 aliphatic heterocycles. The van der Waals surface area contributed by atoms with E-state index in [0.29, 0.717) is 11.7 Å². The SMILES string of the molecule is COc1ccc(N2C(=N)c3ccoc3NC2c2ccc3[nH]ccc3c2)cc1. The molecule has 6 nitrogen and oxygen atoms in total. The predicted octanol–water partition coefficient (Wildman–Crippen LogP) is 4.73. The number of ether oxygens (including phenoxy) is 1. The second-order valence-corrected chi connectivity index (χ2v) is 6.45. The molecule has 4 aromatic rings. The molecule has 2 aromatic carbocycles. The Bertz CT molecular complexity index is 1130. The van der Waals surface area contributed by atoms with Crippen LogP contribution in [0.25, 0.3) is 10.9 Å². The average Bonchev–Trinajstić information content (AvgIpc) is 3.36. The second kappa shape index (κ2) is 5.95. The zero-order valence-electron chi connectivity index (χ0n) is 14.7. The minimum Gasteiger partial charge on any atom is -0.497 e. The summed E-state index contributed by atoms with van der Waals surface area (Å²) < 4.78 is 10.8. The van der Waals surface area contributed by atoms with Gasteiger partial charge in [-0.3, -0.25) is 5.41 Å². The van der Waals surface area contributed by atoms with Crippen molar-refractivity contribution in [3.8, 4) is 5.75 Å². The van der Waals surface area contributed by atoms with Crippen LogP contribution in [-0.4, -0.2) is 17.9 Å². The molecule has 1 unspecified atom stereocenters. The van der Waals surface area contributed by atoms with Crippen molar-refractivity contribution in [3.63, 3.8) is 0 Å². The smallest absolute Gasteiger partial charge is 0.205 e. The first-order valence-corrected chi connectivity index (χ1v) is 8.68. The van der Waals surface area contributed by atoms with Crippen molar-refractivity contribution in [3.05, 3.63) is 78.2 Å². The molecule has 0 bridgehead atoms. The van der Waals surface area contributed by atoms with Gasteiger partial charge in [0.15, 0.2) is 0 Å². The van der Waals surface area contributed by atoms with Crippen molar-refractivity contribution in [2.45, 2.75) is 6.17 Å². The molecule has 3 N–H and O–H groups in total. The first kappa shape index (κ1) is 15.6. The first-order valence-electron chi connectivity index (χ1n) is 8.68. The van der Waals surface area contributed by atoms with Crippen LogP contribution in [0.15, 0.2) is 71.5 Å². The molecule has 3 heterocycles. The number of fused-ring (bicyclic) bond motifs is 2. The van der Waals surface area contributed by atoms with Gasteiger partial charge in [0, 0.05) is 17.4 Å². The number of anilines is 2. The van der Waals surface area contributed by atoms with E-state index in [1.54, 1.807) is 13.4 Å². The number of rotatable bonds is 3. The van der Waals surface area contributed by atoms with E-state index in [2.05, 4.69) is 28.5 Å². The van der Waals surface area contributed by atoms with E-state index in [1.807, 2.05) is 47.5 Å². The fourth-order valence-corrected chi connectivity index (χ4v) is 3.55. The maximum absolute atomic E-state index is 8.78. The largest absolute Gasteiger partial charge is 0.497 e. The molecule has 134 valence electrons. The van der Waals surface area contributed by atoms with Crippen molar-refractivity contribution < 1.29 is 9.15 Å². The third-order valence-corrected chi connectivity index (χ3v) is 4.93. The minimum absolute atomic E-state index is 0.260. The Morgan fingerprint density at radius 1 is 1.07 bits per heavy atom. The standard InChI is InChI=1S/C21H18N4O2/c1-26-16-5-3-15(4-6-16)25-19(22)17-9-11-27-21(17)24-20(25)14-2-7-18-13(12-14)8-10-23-18/h2-12,20,22-24H,1H3. The number of amidine groups is 1. The molecule has 1 atom stereocenters. The van der Waals surface area contributed by atoms with Crippen LogP contribution in [0, 0.1) is 5.41 Å². The highest BCUT2D eigenvalue weighted by molar-refractivity contribution is 6.13. The number of furan rings is 1. The van der Waals surface area contributed by atoms with E-state index >= 15 is 0 Å². The molecule has 0 aliphatic carbocycles. The van der Waals surface area contributed by atoms with Crippen LogP contribution in [0.5, 0.6) is 5.75 Å². The highest BCUT2D eigenvalue weighted by atomic mass is 16.5. The lowest BCUT2D eigenvalue weighted by Gasteiger charge is -2.38. The molecule has 0 spiro atoms. The van der Waals surface area contributed by atoms with Gasteiger partial charge in [-0.1, -0.05) is 6.07 Å². The van der Waals surface area contributed by atoms with Crippen LogP contribution in [0.2, 0.25) is 0 Å². The number of H-pyrrole nitrogens is 1. The molecule has 0 amide bonds. The lowest BCUT2D eigenvalue weighted by Crippen LogP contribution is -2.42. The Balaban J connectivity index is 1.64. The lowest BCUT2D eigenvalue weighted by atomic mass is 10.0. The van der Waals surface area contributed by atoms with Gasteiger partial charge in [-0.25, -0.2) is 0 Å². The third-order valence-electron chi connectivity index (χ3n) is 4.93. The summed E-state index contributed by atoms with van der Waals surface area (Å²) >= 11 is 0. The van der Waals surface area contributed by atoms with E-state index < -0.39 is 0 Å². The molecular weight excluding hydrogens is 340 g/mol. The van der Waals surface area contributed by atoms with Gasteiger partial charge in [-0.2, -0.15) is 0 Å². The zero-order valence-corrected chi connectivity index (χ0v) is 14.7. The van der Waals surface area contributed by atoms with Gasteiger partial charge < -0.3 is 24.4 Å². The highest BCUT2D eigenvalue weighted by Crippen LogP contribution is 2.38. The monoisotopic (exact) mass is 358 g/mol. The number of aromatic amines is 1. The Labute approximate surface area is 155 Å². The summed E-state index contributed by atoms with van der Waals surface area (Å²) in [6.45, 7) is 0. The number of nitrogens with zero attached hydrogens (tertiary/aromatic N) is 1. The van der Waals surface area contributed by atoms with E-state index in [1.165, 1.54) is 0 Å². The van der Waals surface area contributed by atoms with Gasteiger partial charge in [-0.05, 0) is 59.5 Å². The second-order valence-electron chi connectivity index (χ2n) is 6.45. The van der Waals surface area contributed by atoms with Gasteiger partial charge in [0.2, 0.25) is 5.88 Å². The van der Waals surface area contributed by atoms with Crippen LogP contribution < -0.4 is 15.0 Å². The normalized spacial score (nSPS) is 16.3. The van der Waals surface area contributed by atoms with E-state index in [0.717, 1.165) is 33.5 Å². The molecule has 0 radical (unpaired) electrons. The summed E-state index contributed by atoms with van der Waals surface area (Å²) in [4.78, 5) is 5.18. The molecule has 0 fully saturated rings. The van der Waals surface area contributed by atoms with Crippen molar-refractivity contribution in [2.75, 3.05) is 17.3 Å². The van der Waals surface area contributed by atoms with Gasteiger partial charge in [0.05, 0.1) is 18.9 Å². The molecule has 6 heteroatoms. The van der Waals surface area contributed by atoms with Crippen LogP contribution in [0.3, 0.4) is 0 Å². The lowest BCUT2D eigenvalue weighted by molar-refractivity contribution is 0.415. The van der Waals surface area contributed by atoms with Crippen molar-refractivity contribution in [1.29, 1.82) is 5.41 Å². The fraction of sp³-hybridized carbons (Fsp3) is 0.0952. The van der Waals surface area contributed by atoms with Crippen LogP contribution in [-0.2, 0) is 0 Å². The number of hydrogen-bond acceptors (Lipinski definition) is 4. The maximum atomic E-state index is 8.78. The first-order chi connectivity index (χ1) is 13.2. The summed E-state index contributed by atoms with van der Waals surface area (Å²) in [7, 11) is 1.64. The number of benzene rings is 2. The summed E-state index contributed by atoms with van der Waals surface area (Å²) in [5, 5.41) is 13.3. The maximum Gasteiger partial charge on any atom is 0.205 e. The molecule has 2 aromatic heterocycles. The Morgan fingerprint density at radius 3 is 2.74 bits per heavy atom. The van der Waals surface area contributed by atoms with E-state index in [9.17, 15) is 0 Å². The van der Waals surface area contributed by atoms with Gasteiger partial charge >= 0.3 is 0 Å². The molecule has 5 rings (SSSR count). The quantitative estimate of drug-likeness (QED) is 0.495. The average molecular weight is 358 g/mol. The molecule has 1 aliphatic rings. The van der Waals surface area contributed by atoms with Crippen LogP contribution in [0.4, 0.5) is 11.6 Å². The number of methoxy groups -OCH3 is 1. The summed E-state index contributed by atoms with van der Waals surface area (Å²) in [5.41, 5.74) is 3.77. The Morgan fingerprint density at radius 2 is 1.93 bits per heavy atom. The molecule has 0 saturated carbocycles. The van der Waals surface area contributed by atoms with Crippen molar-refractivity contribution in [2.24, 2.45) is 0 Å². The Kier molecular flexibility index (Phi) is 3.43. The third kappa shape index (κ3) is 2.45. The zero-order chi connectivity index (χ0) is 18.4. The highest BCUT2D eigenvalue weighted by Gasteiger charge is 2.33. The summed E-state index contributed by atoms with van der Waals surface area (Å²) in [6, 6.07) is 17.8. The van der Waals surface area contributed by atoms with Gasteiger partial charge in [0.1, 0.15) is 17.8 Å². The van der Waals surface area contributed by atoms with Crippen LogP contribution >= 0.6 is 0 Å². The number of nitrogens with one attached hydrogen (secondary N) is 3. The minimum atomic E-state index is -0.260. The van der Waals surface area contributed by atoms with Crippen molar-refractivity contribution in [1.82, 2.24) is 4.98 Å². The van der Waals surface area contributed by atoms with E-state index in [-0.39, 0.29) is 6.17 Å². The van der Waals surface area contributed by atoms with Crippen molar-refractivity contribution >= 4 is 28.3 Å². The van der Waals surface area contributed by atoms with Gasteiger partial charge in [0.25, 0.3) is 0 Å². The molecule has 27 heavy (non-hydrogen) atoms. The summed E-state index contributed by atoms with van der Waals surface area (Å²) in [6.07, 6.45) is 3.27. The molecule has 0 saturated heterocycles. The van der Waals surface area contributed by atoms with E-state index in [4.69, 9.17) is 14.6 Å².